The van der Waals surface area contributed by atoms with Gasteiger partial charge in [-0.1, -0.05) is 0 Å². The minimum Gasteiger partial charge on any atom is -0.490 e. The summed E-state index contributed by atoms with van der Waals surface area (Å²) in [6, 6.07) is 3.58. The molecule has 2 heterocycles. The second-order valence-corrected chi connectivity index (χ2v) is 5.07. The highest BCUT2D eigenvalue weighted by Crippen LogP contribution is 2.28. The maximum absolute atomic E-state index is 11.0. The van der Waals surface area contributed by atoms with E-state index in [2.05, 4.69) is 20.9 Å². The molecule has 1 N–H and O–H groups in total. The molecule has 1 saturated carbocycles. The highest BCUT2D eigenvalue weighted by Gasteiger charge is 2.20. The number of carbonyl (C=O) groups is 1. The first-order valence-corrected chi connectivity index (χ1v) is 6.52. The molecule has 0 saturated heterocycles. The van der Waals surface area contributed by atoms with E-state index in [1.165, 1.54) is 10.8 Å². The van der Waals surface area contributed by atoms with E-state index in [0.29, 0.717) is 16.2 Å². The van der Waals surface area contributed by atoms with Crippen LogP contribution in [0.1, 0.15) is 29.9 Å². The van der Waals surface area contributed by atoms with E-state index in [4.69, 9.17) is 9.84 Å². The summed E-state index contributed by atoms with van der Waals surface area (Å²) < 4.78 is 7.81. The summed E-state index contributed by atoms with van der Waals surface area (Å²) in [5.41, 5.74) is 0.698. The van der Waals surface area contributed by atoms with Gasteiger partial charge in [-0.25, -0.2) is 9.78 Å². The van der Waals surface area contributed by atoms with Crippen LogP contribution in [0.4, 0.5) is 0 Å². The van der Waals surface area contributed by atoms with Crippen molar-refractivity contribution in [2.45, 2.75) is 25.4 Å². The zero-order chi connectivity index (χ0) is 12.7. The quantitative estimate of drug-likeness (QED) is 0.946. The Hall–Kier alpha value is -1.56. The lowest BCUT2D eigenvalue weighted by Gasteiger charge is -2.26. The Morgan fingerprint density at radius 2 is 2.33 bits per heavy atom. The molecular formula is C12H11BrN2O3. The number of imidazole rings is 1. The highest BCUT2D eigenvalue weighted by molar-refractivity contribution is 9.10. The summed E-state index contributed by atoms with van der Waals surface area (Å²) >= 11 is 3.27. The number of pyridine rings is 1. The van der Waals surface area contributed by atoms with Crippen LogP contribution < -0.4 is 4.74 Å². The van der Waals surface area contributed by atoms with Gasteiger partial charge in [0.15, 0.2) is 0 Å². The van der Waals surface area contributed by atoms with Crippen LogP contribution in [-0.2, 0) is 0 Å². The van der Waals surface area contributed by atoms with Crippen molar-refractivity contribution in [2.75, 3.05) is 0 Å². The number of carboxylic acid groups (broad SMARTS) is 1. The third-order valence-corrected chi connectivity index (χ3v) is 3.70. The maximum atomic E-state index is 11.0. The fraction of sp³-hybridized carbons (Fsp3) is 0.333. The average molecular weight is 311 g/mol. The number of rotatable bonds is 3. The van der Waals surface area contributed by atoms with Gasteiger partial charge in [-0.15, -0.1) is 0 Å². The highest BCUT2D eigenvalue weighted by atomic mass is 79.9. The van der Waals surface area contributed by atoms with Crippen molar-refractivity contribution in [3.05, 3.63) is 28.8 Å². The van der Waals surface area contributed by atoms with Crippen molar-refractivity contribution in [1.29, 1.82) is 0 Å². The van der Waals surface area contributed by atoms with Gasteiger partial charge in [0.25, 0.3) is 0 Å². The van der Waals surface area contributed by atoms with E-state index >= 15 is 0 Å². The number of hydrogen-bond donors (Lipinski definition) is 1. The molecule has 1 aliphatic rings. The predicted molar refractivity (Wildman–Crippen MR) is 68.1 cm³/mol. The molecule has 0 unspecified atom stereocenters. The van der Waals surface area contributed by atoms with Crippen molar-refractivity contribution in [1.82, 2.24) is 9.38 Å². The van der Waals surface area contributed by atoms with Crippen LogP contribution in [0.25, 0.3) is 5.52 Å². The molecule has 5 nitrogen and oxygen atoms in total. The summed E-state index contributed by atoms with van der Waals surface area (Å²) in [7, 11) is 0. The van der Waals surface area contributed by atoms with Gasteiger partial charge >= 0.3 is 5.97 Å². The lowest BCUT2D eigenvalue weighted by Crippen LogP contribution is -2.24. The summed E-state index contributed by atoms with van der Waals surface area (Å²) in [4.78, 5) is 15.0. The number of carboxylic acids is 1. The third-order valence-electron chi connectivity index (χ3n) is 3.12. The summed E-state index contributed by atoms with van der Waals surface area (Å²) in [5.74, 6) is -0.305. The van der Waals surface area contributed by atoms with E-state index in [9.17, 15) is 4.79 Å². The van der Waals surface area contributed by atoms with E-state index in [1.807, 2.05) is 6.07 Å². The number of aromatic carboxylic acids is 1. The van der Waals surface area contributed by atoms with Crippen molar-refractivity contribution in [3.63, 3.8) is 0 Å². The number of nitrogens with zero attached hydrogens (tertiary/aromatic N) is 2. The van der Waals surface area contributed by atoms with Gasteiger partial charge in [-0.3, -0.25) is 4.40 Å². The zero-order valence-electron chi connectivity index (χ0n) is 9.47. The van der Waals surface area contributed by atoms with Gasteiger partial charge in [0.2, 0.25) is 5.82 Å². The van der Waals surface area contributed by atoms with E-state index in [1.54, 1.807) is 12.3 Å². The molecule has 94 valence electrons. The fourth-order valence-corrected chi connectivity index (χ4v) is 2.41. The third kappa shape index (κ3) is 1.86. The fourth-order valence-electron chi connectivity index (χ4n) is 1.93. The Balaban J connectivity index is 2.01. The SMILES string of the molecule is O=C(O)c1nc(Br)c2cc(OC3CCC3)ccn12. The summed E-state index contributed by atoms with van der Waals surface area (Å²) in [6.07, 6.45) is 5.36. The zero-order valence-corrected chi connectivity index (χ0v) is 11.1. The Labute approximate surface area is 112 Å². The van der Waals surface area contributed by atoms with Crippen LogP contribution in [0, 0.1) is 0 Å². The molecule has 3 rings (SSSR count). The normalized spacial score (nSPS) is 15.6. The number of fused-ring (bicyclic) bond motifs is 1. The van der Waals surface area contributed by atoms with Crippen LogP contribution in [-0.4, -0.2) is 26.6 Å². The minimum absolute atomic E-state index is 0.00734. The molecule has 0 atom stereocenters. The molecule has 1 fully saturated rings. The van der Waals surface area contributed by atoms with Gasteiger partial charge < -0.3 is 9.84 Å². The van der Waals surface area contributed by atoms with Gasteiger partial charge in [-0.05, 0) is 41.3 Å². The molecule has 2 aromatic rings. The first-order chi connectivity index (χ1) is 8.65. The Kier molecular flexibility index (Phi) is 2.74. The largest absolute Gasteiger partial charge is 0.490 e. The summed E-state index contributed by atoms with van der Waals surface area (Å²) in [5, 5.41) is 9.02. The lowest BCUT2D eigenvalue weighted by atomic mass is 9.96. The van der Waals surface area contributed by atoms with Gasteiger partial charge in [0.05, 0.1) is 11.6 Å². The van der Waals surface area contributed by atoms with Crippen LogP contribution >= 0.6 is 15.9 Å². The Bertz CT molecular complexity index is 619. The van der Waals surface area contributed by atoms with Gasteiger partial charge in [-0.2, -0.15) is 0 Å². The van der Waals surface area contributed by atoms with Crippen LogP contribution in [0.15, 0.2) is 22.9 Å². The molecule has 0 aliphatic heterocycles. The van der Waals surface area contributed by atoms with Gasteiger partial charge in [0.1, 0.15) is 10.4 Å². The minimum atomic E-state index is -1.05. The monoisotopic (exact) mass is 310 g/mol. The van der Waals surface area contributed by atoms with Crippen LogP contribution in [0.3, 0.4) is 0 Å². The number of aromatic nitrogens is 2. The predicted octanol–water partition coefficient (Wildman–Crippen LogP) is 2.73. The molecule has 18 heavy (non-hydrogen) atoms. The van der Waals surface area contributed by atoms with Crippen molar-refractivity contribution >= 4 is 27.4 Å². The van der Waals surface area contributed by atoms with Crippen molar-refractivity contribution in [3.8, 4) is 5.75 Å². The second-order valence-electron chi connectivity index (χ2n) is 4.32. The molecule has 0 bridgehead atoms. The molecule has 0 radical (unpaired) electrons. The molecule has 0 spiro atoms. The van der Waals surface area contributed by atoms with E-state index in [0.717, 1.165) is 18.6 Å². The maximum Gasteiger partial charge on any atom is 0.372 e. The smallest absolute Gasteiger partial charge is 0.372 e. The molecule has 1 aliphatic carbocycles. The van der Waals surface area contributed by atoms with Gasteiger partial charge in [0, 0.05) is 12.3 Å². The number of hydrogen-bond acceptors (Lipinski definition) is 3. The van der Waals surface area contributed by atoms with Crippen LogP contribution in [0.2, 0.25) is 0 Å². The number of halogens is 1. The van der Waals surface area contributed by atoms with E-state index in [-0.39, 0.29) is 5.82 Å². The molecular weight excluding hydrogens is 300 g/mol. The Morgan fingerprint density at radius 3 is 2.94 bits per heavy atom. The summed E-state index contributed by atoms with van der Waals surface area (Å²) in [6.45, 7) is 0. The second kappa shape index (κ2) is 4.28. The first-order valence-electron chi connectivity index (χ1n) is 5.73. The van der Waals surface area contributed by atoms with Crippen molar-refractivity contribution < 1.29 is 14.6 Å². The molecule has 2 aromatic heterocycles. The molecule has 0 amide bonds. The first kappa shape index (κ1) is 11.5. The topological polar surface area (TPSA) is 63.8 Å². The lowest BCUT2D eigenvalue weighted by molar-refractivity contribution is 0.0682. The number of ether oxygens (including phenoxy) is 1. The molecule has 6 heteroatoms. The standard InChI is InChI=1S/C12H11BrN2O3/c13-10-9-6-8(18-7-2-1-3-7)4-5-15(9)11(14-10)12(16)17/h4-7H,1-3H2,(H,16,17). The molecule has 0 aromatic carbocycles. The van der Waals surface area contributed by atoms with Crippen LogP contribution in [0.5, 0.6) is 5.75 Å². The van der Waals surface area contributed by atoms with Crippen molar-refractivity contribution in [2.24, 2.45) is 0 Å². The average Bonchev–Trinajstić information content (AvgIpc) is 2.62. The Morgan fingerprint density at radius 1 is 1.56 bits per heavy atom. The van der Waals surface area contributed by atoms with E-state index < -0.39 is 5.97 Å².